The SMILES string of the molecule is Fc1ccccc1-c1ccccc1-c1ccccc1Br. The van der Waals surface area contributed by atoms with Crippen molar-refractivity contribution in [3.05, 3.63) is 83.1 Å². The Morgan fingerprint density at radius 1 is 0.550 bits per heavy atom. The summed E-state index contributed by atoms with van der Waals surface area (Å²) in [6.45, 7) is 0. The summed E-state index contributed by atoms with van der Waals surface area (Å²) in [7, 11) is 0. The molecule has 0 aliphatic carbocycles. The summed E-state index contributed by atoms with van der Waals surface area (Å²) in [4.78, 5) is 0. The van der Waals surface area contributed by atoms with Gasteiger partial charge in [-0.3, -0.25) is 0 Å². The molecule has 0 saturated carbocycles. The fourth-order valence-electron chi connectivity index (χ4n) is 2.31. The van der Waals surface area contributed by atoms with Gasteiger partial charge in [-0.05, 0) is 28.8 Å². The van der Waals surface area contributed by atoms with Crippen molar-refractivity contribution in [3.63, 3.8) is 0 Å². The maximum Gasteiger partial charge on any atom is 0.131 e. The molecule has 0 radical (unpaired) electrons. The van der Waals surface area contributed by atoms with Crippen molar-refractivity contribution in [3.8, 4) is 22.3 Å². The van der Waals surface area contributed by atoms with Gasteiger partial charge in [-0.1, -0.05) is 76.6 Å². The van der Waals surface area contributed by atoms with E-state index in [-0.39, 0.29) is 5.82 Å². The molecule has 0 aliphatic rings. The van der Waals surface area contributed by atoms with Crippen LogP contribution in [0.1, 0.15) is 0 Å². The second-order valence-electron chi connectivity index (χ2n) is 4.51. The van der Waals surface area contributed by atoms with Crippen LogP contribution in [0.3, 0.4) is 0 Å². The Kier molecular flexibility index (Phi) is 3.66. The average Bonchev–Trinajstić information content (AvgIpc) is 2.48. The van der Waals surface area contributed by atoms with Crippen molar-refractivity contribution in [2.75, 3.05) is 0 Å². The van der Waals surface area contributed by atoms with Gasteiger partial charge in [-0.15, -0.1) is 0 Å². The van der Waals surface area contributed by atoms with Crippen molar-refractivity contribution in [2.24, 2.45) is 0 Å². The smallest absolute Gasteiger partial charge is 0.131 e. The third kappa shape index (κ3) is 2.39. The molecule has 0 atom stereocenters. The molecule has 0 nitrogen and oxygen atoms in total. The fourth-order valence-corrected chi connectivity index (χ4v) is 2.81. The lowest BCUT2D eigenvalue weighted by molar-refractivity contribution is 0.631. The van der Waals surface area contributed by atoms with Crippen LogP contribution in [0.4, 0.5) is 4.39 Å². The number of hydrogen-bond acceptors (Lipinski definition) is 0. The largest absolute Gasteiger partial charge is 0.206 e. The summed E-state index contributed by atoms with van der Waals surface area (Å²) in [6.07, 6.45) is 0. The van der Waals surface area contributed by atoms with E-state index in [1.807, 2.05) is 60.7 Å². The Morgan fingerprint density at radius 2 is 1.00 bits per heavy atom. The van der Waals surface area contributed by atoms with Gasteiger partial charge in [-0.2, -0.15) is 0 Å². The molecule has 0 fully saturated rings. The molecule has 0 aromatic heterocycles. The van der Waals surface area contributed by atoms with Crippen molar-refractivity contribution >= 4 is 15.9 Å². The zero-order valence-corrected chi connectivity index (χ0v) is 12.3. The van der Waals surface area contributed by atoms with Crippen LogP contribution >= 0.6 is 15.9 Å². The summed E-state index contributed by atoms with van der Waals surface area (Å²) >= 11 is 3.56. The number of rotatable bonds is 2. The van der Waals surface area contributed by atoms with E-state index < -0.39 is 0 Å². The molecule has 3 aromatic rings. The van der Waals surface area contributed by atoms with Crippen LogP contribution in [0.2, 0.25) is 0 Å². The van der Waals surface area contributed by atoms with Crippen LogP contribution in [0.25, 0.3) is 22.3 Å². The van der Waals surface area contributed by atoms with E-state index in [0.717, 1.165) is 21.2 Å². The summed E-state index contributed by atoms with van der Waals surface area (Å²) in [5.74, 6) is -0.202. The summed E-state index contributed by atoms with van der Waals surface area (Å²) in [5.41, 5.74) is 3.60. The molecule has 0 bridgehead atoms. The monoisotopic (exact) mass is 326 g/mol. The Labute approximate surface area is 126 Å². The summed E-state index contributed by atoms with van der Waals surface area (Å²) < 4.78 is 15.1. The standard InChI is InChI=1S/C18H12BrF/c19-17-11-5-3-9-15(17)13-7-1-2-8-14(13)16-10-4-6-12-18(16)20/h1-12H. The molecule has 2 heteroatoms. The predicted octanol–water partition coefficient (Wildman–Crippen LogP) is 5.92. The highest BCUT2D eigenvalue weighted by molar-refractivity contribution is 9.10. The molecule has 0 unspecified atom stereocenters. The number of hydrogen-bond donors (Lipinski definition) is 0. The Balaban J connectivity index is 2.25. The van der Waals surface area contributed by atoms with E-state index in [0.29, 0.717) is 5.56 Å². The quantitative estimate of drug-likeness (QED) is 0.548. The van der Waals surface area contributed by atoms with Gasteiger partial charge in [0.25, 0.3) is 0 Å². The van der Waals surface area contributed by atoms with E-state index in [1.165, 1.54) is 6.07 Å². The van der Waals surface area contributed by atoms with E-state index in [9.17, 15) is 4.39 Å². The third-order valence-electron chi connectivity index (χ3n) is 3.26. The topological polar surface area (TPSA) is 0 Å². The zero-order valence-electron chi connectivity index (χ0n) is 10.7. The lowest BCUT2D eigenvalue weighted by Crippen LogP contribution is -1.88. The van der Waals surface area contributed by atoms with Crippen molar-refractivity contribution in [1.82, 2.24) is 0 Å². The lowest BCUT2D eigenvalue weighted by atomic mass is 9.94. The molecule has 98 valence electrons. The van der Waals surface area contributed by atoms with Crippen LogP contribution < -0.4 is 0 Å². The minimum Gasteiger partial charge on any atom is -0.206 e. The van der Waals surface area contributed by atoms with Crippen molar-refractivity contribution < 1.29 is 4.39 Å². The maximum absolute atomic E-state index is 14.1. The molecule has 3 rings (SSSR count). The van der Waals surface area contributed by atoms with Crippen LogP contribution in [0.5, 0.6) is 0 Å². The average molecular weight is 327 g/mol. The minimum absolute atomic E-state index is 0.202. The first-order valence-corrected chi connectivity index (χ1v) is 7.15. The molecule has 0 heterocycles. The first-order chi connectivity index (χ1) is 9.77. The van der Waals surface area contributed by atoms with E-state index in [1.54, 1.807) is 6.07 Å². The number of halogens is 2. The zero-order chi connectivity index (χ0) is 13.9. The van der Waals surface area contributed by atoms with E-state index in [4.69, 9.17) is 0 Å². The lowest BCUT2D eigenvalue weighted by Gasteiger charge is -2.12. The molecule has 0 amide bonds. The molecular weight excluding hydrogens is 315 g/mol. The van der Waals surface area contributed by atoms with E-state index >= 15 is 0 Å². The number of benzene rings is 3. The fraction of sp³-hybridized carbons (Fsp3) is 0. The summed E-state index contributed by atoms with van der Waals surface area (Å²) in [6, 6.07) is 22.7. The first kappa shape index (κ1) is 13.1. The Hall–Kier alpha value is -1.93. The molecule has 20 heavy (non-hydrogen) atoms. The first-order valence-electron chi connectivity index (χ1n) is 6.36. The van der Waals surface area contributed by atoms with Crippen LogP contribution in [-0.4, -0.2) is 0 Å². The van der Waals surface area contributed by atoms with Gasteiger partial charge >= 0.3 is 0 Å². The van der Waals surface area contributed by atoms with Gasteiger partial charge < -0.3 is 0 Å². The van der Waals surface area contributed by atoms with Gasteiger partial charge in [0.05, 0.1) is 0 Å². The Morgan fingerprint density at radius 3 is 1.60 bits per heavy atom. The molecule has 0 saturated heterocycles. The maximum atomic E-state index is 14.1. The predicted molar refractivity (Wildman–Crippen MR) is 85.0 cm³/mol. The van der Waals surface area contributed by atoms with Crippen LogP contribution in [0.15, 0.2) is 77.3 Å². The van der Waals surface area contributed by atoms with Gasteiger partial charge in [-0.25, -0.2) is 4.39 Å². The van der Waals surface area contributed by atoms with Gasteiger partial charge in [0.1, 0.15) is 5.82 Å². The molecule has 3 aromatic carbocycles. The second-order valence-corrected chi connectivity index (χ2v) is 5.36. The van der Waals surface area contributed by atoms with Crippen LogP contribution in [0, 0.1) is 5.82 Å². The van der Waals surface area contributed by atoms with E-state index in [2.05, 4.69) is 15.9 Å². The normalized spacial score (nSPS) is 10.5. The molecule has 0 aliphatic heterocycles. The third-order valence-corrected chi connectivity index (χ3v) is 3.95. The van der Waals surface area contributed by atoms with Crippen molar-refractivity contribution in [1.29, 1.82) is 0 Å². The highest BCUT2D eigenvalue weighted by Crippen LogP contribution is 2.36. The molecule has 0 spiro atoms. The van der Waals surface area contributed by atoms with Crippen LogP contribution in [-0.2, 0) is 0 Å². The molecular formula is C18H12BrF. The molecule has 0 N–H and O–H groups in total. The minimum atomic E-state index is -0.202. The van der Waals surface area contributed by atoms with Gasteiger partial charge in [0.15, 0.2) is 0 Å². The highest BCUT2D eigenvalue weighted by Gasteiger charge is 2.11. The van der Waals surface area contributed by atoms with Gasteiger partial charge in [0.2, 0.25) is 0 Å². The van der Waals surface area contributed by atoms with Crippen molar-refractivity contribution in [2.45, 2.75) is 0 Å². The Bertz CT molecular complexity index is 685. The van der Waals surface area contributed by atoms with Gasteiger partial charge in [0, 0.05) is 10.0 Å². The second kappa shape index (κ2) is 5.59. The highest BCUT2D eigenvalue weighted by atomic mass is 79.9. The summed E-state index contributed by atoms with van der Waals surface area (Å²) in [5, 5.41) is 0.